The van der Waals surface area contributed by atoms with Gasteiger partial charge in [-0.15, -0.1) is 0 Å². The summed E-state index contributed by atoms with van der Waals surface area (Å²) < 4.78 is 6.56. The van der Waals surface area contributed by atoms with E-state index in [1.807, 2.05) is 49.4 Å². The number of carbonyl (C=O) groups is 1. The first-order chi connectivity index (χ1) is 10.6. The van der Waals surface area contributed by atoms with Gasteiger partial charge in [0.2, 0.25) is 0 Å². The first-order valence-corrected chi connectivity index (χ1v) is 7.83. The Morgan fingerprint density at radius 3 is 2.68 bits per heavy atom. The Labute approximate surface area is 137 Å². The van der Waals surface area contributed by atoms with Crippen LogP contribution in [0.4, 0.5) is 0 Å². The highest BCUT2D eigenvalue weighted by Crippen LogP contribution is 2.27. The van der Waals surface area contributed by atoms with Crippen LogP contribution in [0.15, 0.2) is 57.4 Å². The molecule has 3 nitrogen and oxygen atoms in total. The lowest BCUT2D eigenvalue weighted by Gasteiger charge is -2.17. The molecular formula is C18H16BrNO2. The molecule has 0 unspecified atom stereocenters. The third-order valence-corrected chi connectivity index (χ3v) is 4.35. The minimum atomic E-state index is -0.119. The van der Waals surface area contributed by atoms with Crippen LogP contribution in [0.2, 0.25) is 0 Å². The Balaban J connectivity index is 1.86. The molecule has 0 aliphatic rings. The van der Waals surface area contributed by atoms with Crippen molar-refractivity contribution in [3.63, 3.8) is 0 Å². The van der Waals surface area contributed by atoms with E-state index in [1.165, 1.54) is 5.56 Å². The molecule has 1 heterocycles. The minimum absolute atomic E-state index is 0.119. The van der Waals surface area contributed by atoms with Gasteiger partial charge in [0, 0.05) is 19.0 Å². The second-order valence-corrected chi connectivity index (χ2v) is 6.21. The maximum Gasteiger partial charge on any atom is 0.289 e. The van der Waals surface area contributed by atoms with Crippen LogP contribution in [0.1, 0.15) is 21.7 Å². The molecule has 112 valence electrons. The number of aryl methyl sites for hydroxylation is 1. The van der Waals surface area contributed by atoms with Crippen LogP contribution in [0.25, 0.3) is 11.0 Å². The number of nitrogens with zero attached hydrogens (tertiary/aromatic N) is 1. The second kappa shape index (κ2) is 5.97. The van der Waals surface area contributed by atoms with Crippen molar-refractivity contribution in [3.8, 4) is 0 Å². The van der Waals surface area contributed by atoms with Crippen molar-refractivity contribution in [3.05, 3.63) is 69.9 Å². The zero-order valence-electron chi connectivity index (χ0n) is 12.5. The number of benzene rings is 2. The molecule has 4 heteroatoms. The number of hydrogen-bond donors (Lipinski definition) is 0. The molecule has 0 atom stereocenters. The molecule has 1 amide bonds. The predicted molar refractivity (Wildman–Crippen MR) is 90.9 cm³/mol. The smallest absolute Gasteiger partial charge is 0.289 e. The minimum Gasteiger partial charge on any atom is -0.450 e. The molecule has 3 aromatic rings. The van der Waals surface area contributed by atoms with Gasteiger partial charge in [-0.25, -0.2) is 0 Å². The Bertz CT molecular complexity index is 838. The fourth-order valence-corrected chi connectivity index (χ4v) is 2.90. The molecule has 0 saturated heterocycles. The second-order valence-electron chi connectivity index (χ2n) is 5.36. The highest BCUT2D eigenvalue weighted by Gasteiger charge is 2.18. The lowest BCUT2D eigenvalue weighted by atomic mass is 10.1. The van der Waals surface area contributed by atoms with Gasteiger partial charge in [-0.1, -0.05) is 36.4 Å². The fraction of sp³-hybridized carbons (Fsp3) is 0.167. The van der Waals surface area contributed by atoms with Gasteiger partial charge < -0.3 is 9.32 Å². The zero-order chi connectivity index (χ0) is 15.7. The largest absolute Gasteiger partial charge is 0.450 e. The lowest BCUT2D eigenvalue weighted by Crippen LogP contribution is -2.26. The summed E-state index contributed by atoms with van der Waals surface area (Å²) in [6.07, 6.45) is 0. The quantitative estimate of drug-likeness (QED) is 0.675. The van der Waals surface area contributed by atoms with Gasteiger partial charge >= 0.3 is 0 Å². The van der Waals surface area contributed by atoms with Crippen LogP contribution < -0.4 is 0 Å². The van der Waals surface area contributed by atoms with E-state index in [2.05, 4.69) is 15.9 Å². The van der Waals surface area contributed by atoms with Gasteiger partial charge in [0.15, 0.2) is 5.76 Å². The standard InChI is InChI=1S/C18H16BrNO2/c1-12-6-3-4-7-14(12)11-20(2)18(21)16-10-13-8-5-9-15(19)17(13)22-16/h3-10H,11H2,1-2H3. The molecule has 1 aromatic heterocycles. The zero-order valence-corrected chi connectivity index (χ0v) is 14.1. The third kappa shape index (κ3) is 2.79. The van der Waals surface area contributed by atoms with Crippen molar-refractivity contribution in [1.29, 1.82) is 0 Å². The first-order valence-electron chi connectivity index (χ1n) is 7.04. The molecule has 22 heavy (non-hydrogen) atoms. The van der Waals surface area contributed by atoms with Gasteiger partial charge in [-0.3, -0.25) is 4.79 Å². The van der Waals surface area contributed by atoms with E-state index >= 15 is 0 Å². The summed E-state index contributed by atoms with van der Waals surface area (Å²) in [6, 6.07) is 15.6. The first kappa shape index (κ1) is 14.9. The van der Waals surface area contributed by atoms with Crippen LogP contribution in [0.5, 0.6) is 0 Å². The van der Waals surface area contributed by atoms with Crippen LogP contribution in [0, 0.1) is 6.92 Å². The number of fused-ring (bicyclic) bond motifs is 1. The van der Waals surface area contributed by atoms with Crippen molar-refractivity contribution in [1.82, 2.24) is 4.90 Å². The predicted octanol–water partition coefficient (Wildman–Crippen LogP) is 4.78. The Kier molecular flexibility index (Phi) is 4.03. The van der Waals surface area contributed by atoms with E-state index in [-0.39, 0.29) is 5.91 Å². The molecule has 0 radical (unpaired) electrons. The molecule has 0 bridgehead atoms. The maximum atomic E-state index is 12.6. The van der Waals surface area contributed by atoms with Crippen LogP contribution >= 0.6 is 15.9 Å². The van der Waals surface area contributed by atoms with E-state index < -0.39 is 0 Å². The maximum absolute atomic E-state index is 12.6. The van der Waals surface area contributed by atoms with Gasteiger partial charge in [0.1, 0.15) is 5.58 Å². The topological polar surface area (TPSA) is 33.5 Å². The summed E-state index contributed by atoms with van der Waals surface area (Å²) in [7, 11) is 1.79. The highest BCUT2D eigenvalue weighted by molar-refractivity contribution is 9.10. The summed E-state index contributed by atoms with van der Waals surface area (Å²) in [5.74, 6) is 0.240. The van der Waals surface area contributed by atoms with Crippen molar-refractivity contribution in [2.45, 2.75) is 13.5 Å². The van der Waals surface area contributed by atoms with Crippen molar-refractivity contribution in [2.24, 2.45) is 0 Å². The van der Waals surface area contributed by atoms with E-state index in [9.17, 15) is 4.79 Å². The number of rotatable bonds is 3. The third-order valence-electron chi connectivity index (χ3n) is 3.72. The van der Waals surface area contributed by atoms with Crippen LogP contribution in [-0.2, 0) is 6.54 Å². The van der Waals surface area contributed by atoms with E-state index in [0.29, 0.717) is 17.9 Å². The number of hydrogen-bond acceptors (Lipinski definition) is 2. The van der Waals surface area contributed by atoms with Gasteiger partial charge in [-0.05, 0) is 46.1 Å². The fourth-order valence-electron chi connectivity index (χ4n) is 2.44. The Morgan fingerprint density at radius 2 is 1.95 bits per heavy atom. The highest BCUT2D eigenvalue weighted by atomic mass is 79.9. The van der Waals surface area contributed by atoms with E-state index in [1.54, 1.807) is 18.0 Å². The summed E-state index contributed by atoms with van der Waals surface area (Å²) in [6.45, 7) is 2.61. The molecular weight excluding hydrogens is 342 g/mol. The number of amides is 1. The number of carbonyl (C=O) groups excluding carboxylic acids is 1. The van der Waals surface area contributed by atoms with Crippen LogP contribution in [0.3, 0.4) is 0 Å². The number of halogens is 1. The average Bonchev–Trinajstić information content (AvgIpc) is 2.94. The number of para-hydroxylation sites is 1. The average molecular weight is 358 g/mol. The summed E-state index contributed by atoms with van der Waals surface area (Å²) in [5, 5.41) is 0.919. The van der Waals surface area contributed by atoms with E-state index in [0.717, 1.165) is 15.4 Å². The van der Waals surface area contributed by atoms with Crippen molar-refractivity contribution >= 4 is 32.8 Å². The Morgan fingerprint density at radius 1 is 1.18 bits per heavy atom. The van der Waals surface area contributed by atoms with Crippen molar-refractivity contribution < 1.29 is 9.21 Å². The summed E-state index contributed by atoms with van der Waals surface area (Å²) >= 11 is 3.44. The molecule has 0 N–H and O–H groups in total. The lowest BCUT2D eigenvalue weighted by molar-refractivity contribution is 0.0755. The molecule has 2 aromatic carbocycles. The van der Waals surface area contributed by atoms with E-state index in [4.69, 9.17) is 4.42 Å². The van der Waals surface area contributed by atoms with Gasteiger partial charge in [-0.2, -0.15) is 0 Å². The molecule has 0 spiro atoms. The summed E-state index contributed by atoms with van der Waals surface area (Å²) in [5.41, 5.74) is 3.01. The number of furan rings is 1. The molecule has 3 rings (SSSR count). The molecule has 0 aliphatic carbocycles. The van der Waals surface area contributed by atoms with Crippen molar-refractivity contribution in [2.75, 3.05) is 7.05 Å². The molecule has 0 saturated carbocycles. The SMILES string of the molecule is Cc1ccccc1CN(C)C(=O)c1cc2cccc(Br)c2o1. The van der Waals surface area contributed by atoms with Gasteiger partial charge in [0.05, 0.1) is 4.47 Å². The summed E-state index contributed by atoms with van der Waals surface area (Å²) in [4.78, 5) is 14.2. The molecule has 0 aliphatic heterocycles. The Hall–Kier alpha value is -2.07. The van der Waals surface area contributed by atoms with Crippen LogP contribution in [-0.4, -0.2) is 17.9 Å². The normalized spacial score (nSPS) is 10.9. The molecule has 0 fully saturated rings. The van der Waals surface area contributed by atoms with Gasteiger partial charge in [0.25, 0.3) is 5.91 Å². The monoisotopic (exact) mass is 357 g/mol.